The van der Waals surface area contributed by atoms with Gasteiger partial charge in [-0.3, -0.25) is 4.90 Å². The highest BCUT2D eigenvalue weighted by molar-refractivity contribution is 5.85. The molecule has 1 N–H and O–H groups in total. The molecular formula is C16H21ClN4O. The van der Waals surface area contributed by atoms with Gasteiger partial charge in [0.25, 0.3) is 5.89 Å². The van der Waals surface area contributed by atoms with Crippen molar-refractivity contribution in [2.45, 2.75) is 25.4 Å². The van der Waals surface area contributed by atoms with E-state index in [4.69, 9.17) is 4.52 Å². The number of piperidine rings is 1. The molecule has 3 heterocycles. The van der Waals surface area contributed by atoms with Crippen molar-refractivity contribution in [2.75, 3.05) is 19.6 Å². The molecule has 0 amide bonds. The summed E-state index contributed by atoms with van der Waals surface area (Å²) >= 11 is 0. The Morgan fingerprint density at radius 2 is 2.09 bits per heavy atom. The zero-order valence-corrected chi connectivity index (χ0v) is 13.3. The summed E-state index contributed by atoms with van der Waals surface area (Å²) in [6.45, 7) is 4.22. The van der Waals surface area contributed by atoms with Crippen molar-refractivity contribution >= 4 is 12.4 Å². The Labute approximate surface area is 136 Å². The third-order valence-corrected chi connectivity index (χ3v) is 4.59. The molecule has 22 heavy (non-hydrogen) atoms. The van der Waals surface area contributed by atoms with Crippen molar-refractivity contribution in [3.05, 3.63) is 36.2 Å². The average Bonchev–Trinajstić information content (AvgIpc) is 3.17. The molecule has 2 aromatic rings. The Morgan fingerprint density at radius 3 is 2.95 bits per heavy atom. The molecule has 2 saturated heterocycles. The molecule has 118 valence electrons. The van der Waals surface area contributed by atoms with Crippen LogP contribution < -0.4 is 5.32 Å². The summed E-state index contributed by atoms with van der Waals surface area (Å²) in [6, 6.07) is 10.7. The van der Waals surface area contributed by atoms with Crippen LogP contribution in [0.2, 0.25) is 0 Å². The first-order valence-electron chi connectivity index (χ1n) is 7.72. The van der Waals surface area contributed by atoms with Crippen LogP contribution in [0.1, 0.15) is 18.7 Å². The van der Waals surface area contributed by atoms with Crippen LogP contribution in [0.3, 0.4) is 0 Å². The largest absolute Gasteiger partial charge is 0.334 e. The summed E-state index contributed by atoms with van der Waals surface area (Å²) in [4.78, 5) is 6.98. The number of likely N-dealkylation sites (tertiary alicyclic amines) is 1. The summed E-state index contributed by atoms with van der Waals surface area (Å²) in [5.41, 5.74) is 0.981. The van der Waals surface area contributed by atoms with Crippen molar-refractivity contribution in [2.24, 2.45) is 5.92 Å². The maximum atomic E-state index is 5.38. The second-order valence-electron chi connectivity index (χ2n) is 6.01. The SMILES string of the molecule is Cl.c1ccc(-c2nc(CN3CCC4NCCC4C3)no2)cc1. The Kier molecular flexibility index (Phi) is 4.76. The van der Waals surface area contributed by atoms with Crippen LogP contribution in [-0.4, -0.2) is 40.7 Å². The van der Waals surface area contributed by atoms with Crippen molar-refractivity contribution in [3.63, 3.8) is 0 Å². The lowest BCUT2D eigenvalue weighted by Crippen LogP contribution is -2.44. The van der Waals surface area contributed by atoms with E-state index in [0.717, 1.165) is 43.0 Å². The van der Waals surface area contributed by atoms with Gasteiger partial charge in [-0.2, -0.15) is 4.98 Å². The monoisotopic (exact) mass is 320 g/mol. The number of fused-ring (bicyclic) bond motifs is 1. The van der Waals surface area contributed by atoms with Gasteiger partial charge in [0.15, 0.2) is 5.82 Å². The minimum Gasteiger partial charge on any atom is -0.334 e. The minimum atomic E-state index is 0. The third kappa shape index (κ3) is 3.16. The molecule has 0 aliphatic carbocycles. The van der Waals surface area contributed by atoms with Crippen LogP contribution in [0.15, 0.2) is 34.9 Å². The van der Waals surface area contributed by atoms with E-state index in [-0.39, 0.29) is 12.4 Å². The van der Waals surface area contributed by atoms with E-state index in [1.165, 1.54) is 19.4 Å². The summed E-state index contributed by atoms with van der Waals surface area (Å²) in [6.07, 6.45) is 2.52. The van der Waals surface area contributed by atoms with Gasteiger partial charge in [0, 0.05) is 24.7 Å². The van der Waals surface area contributed by atoms with Crippen LogP contribution >= 0.6 is 12.4 Å². The molecular weight excluding hydrogens is 300 g/mol. The third-order valence-electron chi connectivity index (χ3n) is 4.59. The van der Waals surface area contributed by atoms with Gasteiger partial charge in [-0.15, -0.1) is 12.4 Å². The van der Waals surface area contributed by atoms with E-state index < -0.39 is 0 Å². The minimum absolute atomic E-state index is 0. The van der Waals surface area contributed by atoms with Crippen LogP contribution in [-0.2, 0) is 6.54 Å². The van der Waals surface area contributed by atoms with Crippen LogP contribution in [0.25, 0.3) is 11.5 Å². The van der Waals surface area contributed by atoms with Crippen molar-refractivity contribution < 1.29 is 4.52 Å². The number of aromatic nitrogens is 2. The van der Waals surface area contributed by atoms with E-state index in [0.29, 0.717) is 5.89 Å². The van der Waals surface area contributed by atoms with Gasteiger partial charge in [-0.25, -0.2) is 0 Å². The lowest BCUT2D eigenvalue weighted by molar-refractivity contribution is 0.151. The molecule has 5 nitrogen and oxygen atoms in total. The van der Waals surface area contributed by atoms with E-state index in [1.54, 1.807) is 0 Å². The molecule has 6 heteroatoms. The Hall–Kier alpha value is -1.43. The number of benzene rings is 1. The van der Waals surface area contributed by atoms with E-state index in [9.17, 15) is 0 Å². The van der Waals surface area contributed by atoms with Gasteiger partial charge in [0.2, 0.25) is 0 Å². The fourth-order valence-electron chi connectivity index (χ4n) is 3.48. The zero-order chi connectivity index (χ0) is 14.1. The topological polar surface area (TPSA) is 54.2 Å². The summed E-state index contributed by atoms with van der Waals surface area (Å²) in [5, 5.41) is 7.72. The van der Waals surface area contributed by atoms with E-state index in [2.05, 4.69) is 20.4 Å². The first-order valence-corrected chi connectivity index (χ1v) is 7.72. The predicted molar refractivity (Wildman–Crippen MR) is 86.8 cm³/mol. The fraction of sp³-hybridized carbons (Fsp3) is 0.500. The van der Waals surface area contributed by atoms with Gasteiger partial charge < -0.3 is 9.84 Å². The van der Waals surface area contributed by atoms with Gasteiger partial charge in [-0.1, -0.05) is 23.4 Å². The highest BCUT2D eigenvalue weighted by atomic mass is 35.5. The molecule has 0 radical (unpaired) electrons. The van der Waals surface area contributed by atoms with Gasteiger partial charge in [0.1, 0.15) is 0 Å². The van der Waals surface area contributed by atoms with Crippen LogP contribution in [0.5, 0.6) is 0 Å². The number of rotatable bonds is 3. The standard InChI is InChI=1S/C16H20N4O.ClH/c1-2-4-12(5-3-1)16-18-15(19-21-16)11-20-9-7-14-13(10-20)6-8-17-14;/h1-5,13-14,17H,6-11H2;1H. The Bertz CT molecular complexity index is 603. The normalized spacial score (nSPS) is 24.7. The second kappa shape index (κ2) is 6.77. The van der Waals surface area contributed by atoms with Gasteiger partial charge in [0.05, 0.1) is 6.54 Å². The van der Waals surface area contributed by atoms with E-state index >= 15 is 0 Å². The quantitative estimate of drug-likeness (QED) is 0.940. The zero-order valence-electron chi connectivity index (χ0n) is 12.4. The molecule has 1 aromatic heterocycles. The van der Waals surface area contributed by atoms with Crippen LogP contribution in [0, 0.1) is 5.92 Å². The summed E-state index contributed by atoms with van der Waals surface area (Å²) in [7, 11) is 0. The molecule has 2 atom stereocenters. The number of nitrogens with zero attached hydrogens (tertiary/aromatic N) is 3. The smallest absolute Gasteiger partial charge is 0.257 e. The lowest BCUT2D eigenvalue weighted by Gasteiger charge is -2.33. The maximum Gasteiger partial charge on any atom is 0.257 e. The Balaban J connectivity index is 0.00000144. The molecule has 2 aliphatic heterocycles. The van der Waals surface area contributed by atoms with Crippen molar-refractivity contribution in [3.8, 4) is 11.5 Å². The molecule has 0 spiro atoms. The molecule has 4 rings (SSSR count). The van der Waals surface area contributed by atoms with Crippen molar-refractivity contribution in [1.82, 2.24) is 20.4 Å². The first-order chi connectivity index (χ1) is 10.4. The number of nitrogens with one attached hydrogen (secondary N) is 1. The summed E-state index contributed by atoms with van der Waals surface area (Å²) in [5.74, 6) is 2.19. The molecule has 0 saturated carbocycles. The molecule has 0 bridgehead atoms. The highest BCUT2D eigenvalue weighted by Crippen LogP contribution is 2.25. The average molecular weight is 321 g/mol. The summed E-state index contributed by atoms with van der Waals surface area (Å²) < 4.78 is 5.38. The predicted octanol–water partition coefficient (Wildman–Crippen LogP) is 2.34. The van der Waals surface area contributed by atoms with Crippen molar-refractivity contribution in [1.29, 1.82) is 0 Å². The number of hydrogen-bond donors (Lipinski definition) is 1. The van der Waals surface area contributed by atoms with Crippen LogP contribution in [0.4, 0.5) is 0 Å². The molecule has 2 aliphatic rings. The fourth-order valence-corrected chi connectivity index (χ4v) is 3.48. The number of halogens is 1. The van der Waals surface area contributed by atoms with Gasteiger partial charge in [-0.05, 0) is 37.4 Å². The Morgan fingerprint density at radius 1 is 1.23 bits per heavy atom. The molecule has 1 aromatic carbocycles. The molecule has 2 unspecified atom stereocenters. The highest BCUT2D eigenvalue weighted by Gasteiger charge is 2.32. The number of hydrogen-bond acceptors (Lipinski definition) is 5. The lowest BCUT2D eigenvalue weighted by atomic mass is 9.93. The second-order valence-corrected chi connectivity index (χ2v) is 6.01. The first kappa shape index (κ1) is 15.5. The van der Waals surface area contributed by atoms with E-state index in [1.807, 2.05) is 30.3 Å². The maximum absolute atomic E-state index is 5.38. The van der Waals surface area contributed by atoms with Gasteiger partial charge >= 0.3 is 0 Å². The molecule has 2 fully saturated rings.